The summed E-state index contributed by atoms with van der Waals surface area (Å²) < 4.78 is 39.0. The summed E-state index contributed by atoms with van der Waals surface area (Å²) in [5.74, 6) is 0. The Balaban J connectivity index is 2.60. The molecule has 2 aromatic rings. The van der Waals surface area contributed by atoms with E-state index in [0.717, 1.165) is 6.07 Å². The number of benzene rings is 1. The molecule has 0 aliphatic carbocycles. The van der Waals surface area contributed by atoms with Gasteiger partial charge in [0, 0.05) is 11.8 Å². The first-order chi connectivity index (χ1) is 9.04. The van der Waals surface area contributed by atoms with E-state index in [1.54, 1.807) is 6.07 Å². The number of rotatable bonds is 3. The molecule has 1 heterocycles. The number of nitrogens with zero attached hydrogens (tertiary/aromatic N) is 2. The summed E-state index contributed by atoms with van der Waals surface area (Å²) >= 11 is 0. The van der Waals surface area contributed by atoms with E-state index in [2.05, 4.69) is 9.97 Å². The molecule has 0 radical (unpaired) electrons. The minimum atomic E-state index is -4.42. The van der Waals surface area contributed by atoms with E-state index in [9.17, 15) is 13.2 Å². The van der Waals surface area contributed by atoms with Gasteiger partial charge >= 0.3 is 6.18 Å². The van der Waals surface area contributed by atoms with Gasteiger partial charge in [-0.25, -0.2) is 9.97 Å². The second-order valence-electron chi connectivity index (χ2n) is 3.98. The summed E-state index contributed by atoms with van der Waals surface area (Å²) in [6.45, 7) is 0.328. The lowest BCUT2D eigenvalue weighted by molar-refractivity contribution is -0.137. The molecule has 0 aliphatic rings. The molecule has 0 amide bonds. The van der Waals surface area contributed by atoms with Crippen molar-refractivity contribution in [2.24, 2.45) is 5.73 Å². The fraction of sp³-hybridized carbons (Fsp3) is 0.231. The van der Waals surface area contributed by atoms with Crippen molar-refractivity contribution in [2.45, 2.75) is 12.6 Å². The molecular formula is C13H12F3N3. The van der Waals surface area contributed by atoms with Crippen LogP contribution >= 0.6 is 0 Å². The first-order valence-corrected chi connectivity index (χ1v) is 5.69. The minimum Gasteiger partial charge on any atom is -0.330 e. The van der Waals surface area contributed by atoms with Gasteiger partial charge in [-0.05, 0) is 24.6 Å². The Morgan fingerprint density at radius 3 is 2.58 bits per heavy atom. The van der Waals surface area contributed by atoms with E-state index in [4.69, 9.17) is 5.73 Å². The van der Waals surface area contributed by atoms with Gasteiger partial charge in [0.2, 0.25) is 0 Å². The van der Waals surface area contributed by atoms with E-state index in [-0.39, 0.29) is 11.3 Å². The molecule has 0 saturated carbocycles. The predicted molar refractivity (Wildman–Crippen MR) is 65.2 cm³/mol. The fourth-order valence-electron chi connectivity index (χ4n) is 1.88. The van der Waals surface area contributed by atoms with Gasteiger partial charge in [0.05, 0.1) is 11.3 Å². The maximum Gasteiger partial charge on any atom is 0.417 e. The van der Waals surface area contributed by atoms with Crippen LogP contribution < -0.4 is 5.73 Å². The van der Waals surface area contributed by atoms with Crippen molar-refractivity contribution < 1.29 is 13.2 Å². The van der Waals surface area contributed by atoms with Crippen molar-refractivity contribution in [3.05, 3.63) is 47.9 Å². The lowest BCUT2D eigenvalue weighted by atomic mass is 9.99. The summed E-state index contributed by atoms with van der Waals surface area (Å²) in [5, 5.41) is 0. The fourth-order valence-corrected chi connectivity index (χ4v) is 1.88. The molecule has 100 valence electrons. The summed E-state index contributed by atoms with van der Waals surface area (Å²) in [6.07, 6.45) is -1.24. The monoisotopic (exact) mass is 267 g/mol. The maximum absolute atomic E-state index is 13.0. The van der Waals surface area contributed by atoms with Crippen LogP contribution in [0.15, 0.2) is 36.8 Å². The van der Waals surface area contributed by atoms with Gasteiger partial charge in [0.1, 0.15) is 6.33 Å². The van der Waals surface area contributed by atoms with Crippen LogP contribution in [0.3, 0.4) is 0 Å². The first kappa shape index (κ1) is 13.5. The first-order valence-electron chi connectivity index (χ1n) is 5.69. The van der Waals surface area contributed by atoms with Crippen LogP contribution in [0.2, 0.25) is 0 Å². The Morgan fingerprint density at radius 2 is 1.89 bits per heavy atom. The molecule has 3 nitrogen and oxygen atoms in total. The normalized spacial score (nSPS) is 11.6. The zero-order valence-corrected chi connectivity index (χ0v) is 9.98. The summed E-state index contributed by atoms with van der Waals surface area (Å²) in [6, 6.07) is 5.36. The third kappa shape index (κ3) is 2.90. The van der Waals surface area contributed by atoms with Crippen LogP contribution in [-0.2, 0) is 12.6 Å². The number of aromatic nitrogens is 2. The van der Waals surface area contributed by atoms with Crippen molar-refractivity contribution >= 4 is 0 Å². The number of alkyl halides is 3. The molecule has 0 spiro atoms. The van der Waals surface area contributed by atoms with Gasteiger partial charge in [0.15, 0.2) is 0 Å². The summed E-state index contributed by atoms with van der Waals surface area (Å²) in [4.78, 5) is 7.81. The second-order valence-corrected chi connectivity index (χ2v) is 3.98. The molecule has 2 rings (SSSR count). The Kier molecular flexibility index (Phi) is 3.80. The molecule has 0 fully saturated rings. The zero-order chi connectivity index (χ0) is 13.9. The maximum atomic E-state index is 13.0. The quantitative estimate of drug-likeness (QED) is 0.930. The zero-order valence-electron chi connectivity index (χ0n) is 9.98. The van der Waals surface area contributed by atoms with E-state index in [1.165, 1.54) is 24.7 Å². The lowest BCUT2D eigenvalue weighted by Crippen LogP contribution is -2.10. The van der Waals surface area contributed by atoms with E-state index >= 15 is 0 Å². The Morgan fingerprint density at radius 1 is 1.16 bits per heavy atom. The van der Waals surface area contributed by atoms with Gasteiger partial charge in [-0.15, -0.1) is 0 Å². The van der Waals surface area contributed by atoms with Crippen LogP contribution in [0.25, 0.3) is 11.3 Å². The SMILES string of the molecule is NCCc1cncnc1-c1ccccc1C(F)(F)F. The van der Waals surface area contributed by atoms with Crippen LogP contribution in [0.5, 0.6) is 0 Å². The standard InChI is InChI=1S/C13H12F3N3/c14-13(15,16)11-4-2-1-3-10(11)12-9(5-6-17)7-18-8-19-12/h1-4,7-8H,5-6,17H2. The number of hydrogen-bond donors (Lipinski definition) is 1. The Bertz CT molecular complexity index is 567. The molecular weight excluding hydrogens is 255 g/mol. The molecule has 0 bridgehead atoms. The van der Waals surface area contributed by atoms with Crippen molar-refractivity contribution in [2.75, 3.05) is 6.54 Å². The molecule has 0 atom stereocenters. The van der Waals surface area contributed by atoms with E-state index in [1.807, 2.05) is 0 Å². The molecule has 0 aliphatic heterocycles. The lowest BCUT2D eigenvalue weighted by Gasteiger charge is -2.14. The van der Waals surface area contributed by atoms with Crippen molar-refractivity contribution in [1.82, 2.24) is 9.97 Å². The van der Waals surface area contributed by atoms with Gasteiger partial charge in [-0.1, -0.05) is 18.2 Å². The minimum absolute atomic E-state index is 0.0563. The van der Waals surface area contributed by atoms with Gasteiger partial charge < -0.3 is 5.73 Å². The molecule has 1 aromatic heterocycles. The second kappa shape index (κ2) is 5.36. The Hall–Kier alpha value is -1.95. The molecule has 19 heavy (non-hydrogen) atoms. The summed E-state index contributed by atoms with van der Waals surface area (Å²) in [5.41, 5.74) is 5.71. The summed E-state index contributed by atoms with van der Waals surface area (Å²) in [7, 11) is 0. The number of nitrogens with two attached hydrogens (primary N) is 1. The third-order valence-electron chi connectivity index (χ3n) is 2.69. The van der Waals surface area contributed by atoms with Crippen LogP contribution in [0, 0.1) is 0 Å². The highest BCUT2D eigenvalue weighted by atomic mass is 19.4. The Labute approximate surface area is 108 Å². The van der Waals surface area contributed by atoms with E-state index < -0.39 is 11.7 Å². The van der Waals surface area contributed by atoms with Crippen molar-refractivity contribution in [1.29, 1.82) is 0 Å². The topological polar surface area (TPSA) is 51.8 Å². The molecule has 6 heteroatoms. The highest BCUT2D eigenvalue weighted by molar-refractivity contribution is 5.67. The largest absolute Gasteiger partial charge is 0.417 e. The highest BCUT2D eigenvalue weighted by Crippen LogP contribution is 2.37. The molecule has 2 N–H and O–H groups in total. The smallest absolute Gasteiger partial charge is 0.330 e. The number of hydrogen-bond acceptors (Lipinski definition) is 3. The molecule has 0 unspecified atom stereocenters. The predicted octanol–water partition coefficient (Wildman–Crippen LogP) is 2.66. The molecule has 0 saturated heterocycles. The van der Waals surface area contributed by atoms with Crippen molar-refractivity contribution in [3.63, 3.8) is 0 Å². The van der Waals surface area contributed by atoms with Crippen molar-refractivity contribution in [3.8, 4) is 11.3 Å². The van der Waals surface area contributed by atoms with E-state index in [0.29, 0.717) is 18.5 Å². The average molecular weight is 267 g/mol. The number of halogens is 3. The van der Waals surface area contributed by atoms with Crippen LogP contribution in [0.4, 0.5) is 13.2 Å². The van der Waals surface area contributed by atoms with Gasteiger partial charge in [0.25, 0.3) is 0 Å². The third-order valence-corrected chi connectivity index (χ3v) is 2.69. The van der Waals surface area contributed by atoms with Crippen LogP contribution in [0.1, 0.15) is 11.1 Å². The average Bonchev–Trinajstić information content (AvgIpc) is 2.39. The van der Waals surface area contributed by atoms with Gasteiger partial charge in [-0.3, -0.25) is 0 Å². The van der Waals surface area contributed by atoms with Gasteiger partial charge in [-0.2, -0.15) is 13.2 Å². The molecule has 1 aromatic carbocycles. The highest BCUT2D eigenvalue weighted by Gasteiger charge is 2.34. The van der Waals surface area contributed by atoms with Crippen LogP contribution in [-0.4, -0.2) is 16.5 Å².